The van der Waals surface area contributed by atoms with E-state index in [0.717, 1.165) is 16.9 Å². The Balaban J connectivity index is 1.58. The minimum Gasteiger partial charge on any atom is -0.489 e. The van der Waals surface area contributed by atoms with Gasteiger partial charge < -0.3 is 10.1 Å². The molecule has 0 aliphatic rings. The zero-order valence-electron chi connectivity index (χ0n) is 14.3. The van der Waals surface area contributed by atoms with Gasteiger partial charge in [-0.1, -0.05) is 48.5 Å². The smallest absolute Gasteiger partial charge is 0.251 e. The molecule has 3 aromatic rings. The van der Waals surface area contributed by atoms with Crippen molar-refractivity contribution in [3.05, 3.63) is 101 Å². The molecule has 1 amide bonds. The topological polar surface area (TPSA) is 38.3 Å². The van der Waals surface area contributed by atoms with Crippen LogP contribution < -0.4 is 10.1 Å². The van der Waals surface area contributed by atoms with Gasteiger partial charge in [-0.15, -0.1) is 0 Å². The summed E-state index contributed by atoms with van der Waals surface area (Å²) in [6.07, 6.45) is 0.576. The number of para-hydroxylation sites is 1. The van der Waals surface area contributed by atoms with E-state index in [9.17, 15) is 9.18 Å². The van der Waals surface area contributed by atoms with E-state index in [1.165, 1.54) is 12.1 Å². The number of hydrogen-bond donors (Lipinski definition) is 1. The second-order valence-corrected chi connectivity index (χ2v) is 5.89. The first-order valence-electron chi connectivity index (χ1n) is 8.51. The number of amides is 1. The van der Waals surface area contributed by atoms with Crippen LogP contribution in [0.3, 0.4) is 0 Å². The average molecular weight is 349 g/mol. The normalized spacial score (nSPS) is 10.3. The molecule has 132 valence electrons. The van der Waals surface area contributed by atoms with Crippen LogP contribution in [0.15, 0.2) is 78.9 Å². The maximum Gasteiger partial charge on any atom is 0.251 e. The van der Waals surface area contributed by atoms with E-state index >= 15 is 0 Å². The molecule has 0 spiro atoms. The minimum atomic E-state index is -0.266. The molecular weight excluding hydrogens is 329 g/mol. The number of halogens is 1. The standard InChI is InChI=1S/C22H20FNO2/c23-19-9-6-7-17(15-19)13-14-24-22(25)21-12-5-4-8-18(21)16-26-20-10-2-1-3-11-20/h1-12,15H,13-14,16H2,(H,24,25). The highest BCUT2D eigenvalue weighted by atomic mass is 19.1. The molecule has 0 aromatic heterocycles. The average Bonchev–Trinajstić information content (AvgIpc) is 2.67. The Morgan fingerprint density at radius 1 is 0.923 bits per heavy atom. The highest BCUT2D eigenvalue weighted by Gasteiger charge is 2.11. The van der Waals surface area contributed by atoms with E-state index in [-0.39, 0.29) is 11.7 Å². The Morgan fingerprint density at radius 3 is 2.50 bits per heavy atom. The molecule has 0 aliphatic carbocycles. The van der Waals surface area contributed by atoms with E-state index in [1.807, 2.05) is 54.6 Å². The van der Waals surface area contributed by atoms with Crippen LogP contribution in [0.5, 0.6) is 5.75 Å². The van der Waals surface area contributed by atoms with Crippen LogP contribution in [0.2, 0.25) is 0 Å². The fourth-order valence-electron chi connectivity index (χ4n) is 2.65. The summed E-state index contributed by atoms with van der Waals surface area (Å²) in [6.45, 7) is 0.758. The lowest BCUT2D eigenvalue weighted by molar-refractivity contribution is 0.0951. The van der Waals surface area contributed by atoms with Crippen LogP contribution in [0.25, 0.3) is 0 Å². The van der Waals surface area contributed by atoms with Crippen LogP contribution in [0.4, 0.5) is 4.39 Å². The molecule has 0 radical (unpaired) electrons. The summed E-state index contributed by atoms with van der Waals surface area (Å²) in [7, 11) is 0. The number of rotatable bonds is 7. The molecule has 0 bridgehead atoms. The van der Waals surface area contributed by atoms with Gasteiger partial charge in [0.15, 0.2) is 0 Å². The second kappa shape index (κ2) is 8.81. The third kappa shape index (κ3) is 4.93. The van der Waals surface area contributed by atoms with Gasteiger partial charge in [-0.3, -0.25) is 4.79 Å². The van der Waals surface area contributed by atoms with Gasteiger partial charge in [0, 0.05) is 17.7 Å². The summed E-state index contributed by atoms with van der Waals surface area (Å²) in [5, 5.41) is 2.89. The Morgan fingerprint density at radius 2 is 1.69 bits per heavy atom. The van der Waals surface area contributed by atoms with Crippen molar-refractivity contribution < 1.29 is 13.9 Å². The molecule has 0 atom stereocenters. The molecule has 1 N–H and O–H groups in total. The molecule has 3 aromatic carbocycles. The largest absolute Gasteiger partial charge is 0.489 e. The third-order valence-electron chi connectivity index (χ3n) is 3.99. The predicted molar refractivity (Wildman–Crippen MR) is 99.7 cm³/mol. The molecular formula is C22H20FNO2. The number of hydrogen-bond acceptors (Lipinski definition) is 2. The predicted octanol–water partition coefficient (Wildman–Crippen LogP) is 4.38. The molecule has 4 heteroatoms. The molecule has 0 unspecified atom stereocenters. The third-order valence-corrected chi connectivity index (χ3v) is 3.99. The van der Waals surface area contributed by atoms with Gasteiger partial charge in [0.25, 0.3) is 5.91 Å². The van der Waals surface area contributed by atoms with Crippen molar-refractivity contribution in [3.63, 3.8) is 0 Å². The van der Waals surface area contributed by atoms with Gasteiger partial charge in [-0.25, -0.2) is 4.39 Å². The first-order valence-corrected chi connectivity index (χ1v) is 8.51. The van der Waals surface area contributed by atoms with Crippen molar-refractivity contribution in [1.29, 1.82) is 0 Å². The fourth-order valence-corrected chi connectivity index (χ4v) is 2.65. The second-order valence-electron chi connectivity index (χ2n) is 5.89. The van der Waals surface area contributed by atoms with Crippen LogP contribution in [0.1, 0.15) is 21.5 Å². The number of carbonyl (C=O) groups is 1. The monoisotopic (exact) mass is 349 g/mol. The van der Waals surface area contributed by atoms with E-state index in [2.05, 4.69) is 5.32 Å². The van der Waals surface area contributed by atoms with Crippen LogP contribution in [0, 0.1) is 5.82 Å². The number of benzene rings is 3. The molecule has 0 saturated heterocycles. The molecule has 0 aliphatic heterocycles. The quantitative estimate of drug-likeness (QED) is 0.687. The highest BCUT2D eigenvalue weighted by Crippen LogP contribution is 2.15. The molecule has 0 heterocycles. The Hall–Kier alpha value is -3.14. The van der Waals surface area contributed by atoms with Crippen molar-refractivity contribution in [3.8, 4) is 5.75 Å². The first kappa shape index (κ1) is 17.7. The first-order chi connectivity index (χ1) is 12.7. The van der Waals surface area contributed by atoms with Crippen molar-refractivity contribution in [2.45, 2.75) is 13.0 Å². The minimum absolute atomic E-state index is 0.159. The maximum absolute atomic E-state index is 13.2. The Bertz CT molecular complexity index is 865. The zero-order valence-corrected chi connectivity index (χ0v) is 14.3. The highest BCUT2D eigenvalue weighted by molar-refractivity contribution is 5.95. The lowest BCUT2D eigenvalue weighted by Crippen LogP contribution is -2.27. The Kier molecular flexibility index (Phi) is 5.99. The zero-order chi connectivity index (χ0) is 18.2. The van der Waals surface area contributed by atoms with Crippen molar-refractivity contribution >= 4 is 5.91 Å². The van der Waals surface area contributed by atoms with E-state index in [1.54, 1.807) is 12.1 Å². The summed E-state index contributed by atoms with van der Waals surface area (Å²) >= 11 is 0. The summed E-state index contributed by atoms with van der Waals surface area (Å²) in [6, 6.07) is 23.3. The van der Waals surface area contributed by atoms with Gasteiger partial charge in [-0.05, 0) is 42.3 Å². The summed E-state index contributed by atoms with van der Waals surface area (Å²) in [5.41, 5.74) is 2.26. The van der Waals surface area contributed by atoms with Gasteiger partial charge in [-0.2, -0.15) is 0 Å². The van der Waals surface area contributed by atoms with Crippen LogP contribution in [-0.2, 0) is 13.0 Å². The van der Waals surface area contributed by atoms with Gasteiger partial charge >= 0.3 is 0 Å². The van der Waals surface area contributed by atoms with Gasteiger partial charge in [0.2, 0.25) is 0 Å². The maximum atomic E-state index is 13.2. The van der Waals surface area contributed by atoms with Crippen LogP contribution >= 0.6 is 0 Å². The lowest BCUT2D eigenvalue weighted by atomic mass is 10.1. The number of carbonyl (C=O) groups excluding carboxylic acids is 1. The van der Waals surface area contributed by atoms with Crippen molar-refractivity contribution in [2.24, 2.45) is 0 Å². The summed E-state index contributed by atoms with van der Waals surface area (Å²) in [4.78, 5) is 12.5. The van der Waals surface area contributed by atoms with Crippen molar-refractivity contribution in [2.75, 3.05) is 6.54 Å². The Labute approximate surface area is 152 Å². The van der Waals surface area contributed by atoms with E-state index in [4.69, 9.17) is 4.74 Å². The van der Waals surface area contributed by atoms with Gasteiger partial charge in [0.05, 0.1) is 0 Å². The molecule has 0 fully saturated rings. The van der Waals surface area contributed by atoms with Crippen LogP contribution in [-0.4, -0.2) is 12.5 Å². The number of ether oxygens (including phenoxy) is 1. The van der Waals surface area contributed by atoms with E-state index < -0.39 is 0 Å². The SMILES string of the molecule is O=C(NCCc1cccc(F)c1)c1ccccc1COc1ccccc1. The summed E-state index contributed by atoms with van der Waals surface area (Å²) in [5.74, 6) is 0.333. The van der Waals surface area contributed by atoms with Crippen molar-refractivity contribution in [1.82, 2.24) is 5.32 Å². The number of nitrogens with one attached hydrogen (secondary N) is 1. The molecule has 3 nitrogen and oxygen atoms in total. The fraction of sp³-hybridized carbons (Fsp3) is 0.136. The van der Waals surface area contributed by atoms with E-state index in [0.29, 0.717) is 25.1 Å². The molecule has 3 rings (SSSR count). The molecule has 0 saturated carbocycles. The lowest BCUT2D eigenvalue weighted by Gasteiger charge is -2.11. The summed E-state index contributed by atoms with van der Waals surface area (Å²) < 4.78 is 18.9. The van der Waals surface area contributed by atoms with Gasteiger partial charge in [0.1, 0.15) is 18.2 Å². The molecule has 26 heavy (non-hydrogen) atoms.